The number of carbonyl (C=O) groups excluding carboxylic acids is 1. The highest BCUT2D eigenvalue weighted by atomic mass is 32.1. The number of methoxy groups -OCH3 is 1. The first-order chi connectivity index (χ1) is 8.31. The van der Waals surface area contributed by atoms with E-state index >= 15 is 0 Å². The number of carbonyl (C=O) groups is 1. The Labute approximate surface area is 104 Å². The quantitative estimate of drug-likeness (QED) is 0.780. The largest absolute Gasteiger partial charge is 0.474 e. The fraction of sp³-hybridized carbons (Fsp3) is 0.154. The van der Waals surface area contributed by atoms with Gasteiger partial charge >= 0.3 is 5.97 Å². The summed E-state index contributed by atoms with van der Waals surface area (Å²) in [5.41, 5.74) is 0.811. The maximum Gasteiger partial charge on any atom is 0.351 e. The van der Waals surface area contributed by atoms with E-state index in [-0.39, 0.29) is 0 Å². The first-order valence-corrected chi connectivity index (χ1v) is 6.07. The van der Waals surface area contributed by atoms with Crippen LogP contribution in [0.1, 0.15) is 11.7 Å². The second kappa shape index (κ2) is 5.50. The molecule has 1 aromatic heterocycles. The van der Waals surface area contributed by atoms with E-state index in [1.807, 2.05) is 47.2 Å². The molecule has 0 saturated carbocycles. The summed E-state index contributed by atoms with van der Waals surface area (Å²) in [5, 5.41) is 3.78. The van der Waals surface area contributed by atoms with Gasteiger partial charge in [0.25, 0.3) is 0 Å². The molecule has 17 heavy (non-hydrogen) atoms. The highest BCUT2D eigenvalue weighted by Crippen LogP contribution is 2.24. The number of ether oxygens (including phenoxy) is 2. The van der Waals surface area contributed by atoms with Crippen molar-refractivity contribution in [3.63, 3.8) is 0 Å². The molecule has 0 fully saturated rings. The van der Waals surface area contributed by atoms with Crippen LogP contribution in [0.25, 0.3) is 0 Å². The molecule has 1 heterocycles. The van der Waals surface area contributed by atoms with Crippen LogP contribution in [-0.2, 0) is 9.53 Å². The number of benzene rings is 1. The van der Waals surface area contributed by atoms with Crippen LogP contribution in [0.5, 0.6) is 5.75 Å². The topological polar surface area (TPSA) is 35.5 Å². The van der Waals surface area contributed by atoms with E-state index in [1.54, 1.807) is 0 Å². The molecular weight excluding hydrogens is 236 g/mol. The fourth-order valence-corrected chi connectivity index (χ4v) is 2.09. The van der Waals surface area contributed by atoms with Gasteiger partial charge in [0.1, 0.15) is 5.75 Å². The number of hydrogen-bond donors (Lipinski definition) is 0. The van der Waals surface area contributed by atoms with Crippen molar-refractivity contribution >= 4 is 17.3 Å². The first-order valence-electron chi connectivity index (χ1n) is 5.13. The van der Waals surface area contributed by atoms with Gasteiger partial charge in [0.2, 0.25) is 6.10 Å². The molecule has 0 aliphatic carbocycles. The molecule has 0 amide bonds. The van der Waals surface area contributed by atoms with Crippen LogP contribution in [0.3, 0.4) is 0 Å². The van der Waals surface area contributed by atoms with Crippen LogP contribution in [0.2, 0.25) is 0 Å². The molecule has 0 radical (unpaired) electrons. The van der Waals surface area contributed by atoms with Gasteiger partial charge in [-0.05, 0) is 29.0 Å². The normalized spacial score (nSPS) is 11.8. The summed E-state index contributed by atoms with van der Waals surface area (Å²) in [5.74, 6) is 0.251. The lowest BCUT2D eigenvalue weighted by Crippen LogP contribution is -2.19. The van der Waals surface area contributed by atoms with Crippen molar-refractivity contribution in [2.75, 3.05) is 7.11 Å². The maximum atomic E-state index is 11.7. The SMILES string of the molecule is COC(=O)[C@H](Oc1ccccc1)c1ccsc1. The zero-order valence-electron chi connectivity index (χ0n) is 9.33. The smallest absolute Gasteiger partial charge is 0.351 e. The zero-order valence-corrected chi connectivity index (χ0v) is 10.1. The number of thiophene rings is 1. The van der Waals surface area contributed by atoms with Gasteiger partial charge in [-0.1, -0.05) is 18.2 Å². The van der Waals surface area contributed by atoms with Crippen LogP contribution in [0, 0.1) is 0 Å². The summed E-state index contributed by atoms with van der Waals surface area (Å²) < 4.78 is 10.4. The number of rotatable bonds is 4. The predicted octanol–water partition coefficient (Wildman–Crippen LogP) is 3.04. The van der Waals surface area contributed by atoms with Gasteiger partial charge in [0.05, 0.1) is 7.11 Å². The molecule has 1 atom stereocenters. The molecule has 1 aromatic carbocycles. The Hall–Kier alpha value is -1.81. The highest BCUT2D eigenvalue weighted by Gasteiger charge is 2.23. The molecular formula is C13H12O3S. The predicted molar refractivity (Wildman–Crippen MR) is 66.1 cm³/mol. The van der Waals surface area contributed by atoms with Gasteiger partial charge in [0.15, 0.2) is 0 Å². The van der Waals surface area contributed by atoms with E-state index in [2.05, 4.69) is 0 Å². The summed E-state index contributed by atoms with van der Waals surface area (Å²) in [7, 11) is 1.36. The Morgan fingerprint density at radius 2 is 2.00 bits per heavy atom. The third-order valence-corrected chi connectivity index (χ3v) is 2.96. The molecule has 0 aliphatic heterocycles. The summed E-state index contributed by atoms with van der Waals surface area (Å²) in [6.45, 7) is 0. The Morgan fingerprint density at radius 3 is 2.59 bits per heavy atom. The fourth-order valence-electron chi connectivity index (χ4n) is 1.42. The van der Waals surface area contributed by atoms with Crippen molar-refractivity contribution < 1.29 is 14.3 Å². The molecule has 0 N–H and O–H groups in total. The van der Waals surface area contributed by atoms with E-state index < -0.39 is 12.1 Å². The minimum Gasteiger partial charge on any atom is -0.474 e. The first kappa shape index (κ1) is 11.7. The highest BCUT2D eigenvalue weighted by molar-refractivity contribution is 7.08. The average molecular weight is 248 g/mol. The van der Waals surface area contributed by atoms with Crippen LogP contribution in [0.15, 0.2) is 47.2 Å². The van der Waals surface area contributed by atoms with Crippen molar-refractivity contribution in [3.05, 3.63) is 52.7 Å². The molecule has 0 bridgehead atoms. The molecule has 2 rings (SSSR count). The Kier molecular flexibility index (Phi) is 3.77. The lowest BCUT2D eigenvalue weighted by molar-refractivity contribution is -0.149. The minimum absolute atomic E-state index is 0.396. The van der Waals surface area contributed by atoms with Crippen molar-refractivity contribution in [2.45, 2.75) is 6.10 Å². The standard InChI is InChI=1S/C13H12O3S/c1-15-13(14)12(10-7-8-17-9-10)16-11-5-3-2-4-6-11/h2-9,12H,1H3/t12-/m1/s1. The van der Waals surface area contributed by atoms with Gasteiger partial charge in [-0.2, -0.15) is 11.3 Å². The van der Waals surface area contributed by atoms with E-state index in [1.165, 1.54) is 18.4 Å². The van der Waals surface area contributed by atoms with Crippen LogP contribution in [-0.4, -0.2) is 13.1 Å². The number of para-hydroxylation sites is 1. The third-order valence-electron chi connectivity index (χ3n) is 2.26. The minimum atomic E-state index is -0.700. The van der Waals surface area contributed by atoms with E-state index in [0.29, 0.717) is 5.75 Å². The second-order valence-electron chi connectivity index (χ2n) is 3.39. The molecule has 4 heteroatoms. The summed E-state index contributed by atoms with van der Waals surface area (Å²) in [4.78, 5) is 11.7. The van der Waals surface area contributed by atoms with Gasteiger partial charge in [0, 0.05) is 5.56 Å². The molecule has 0 unspecified atom stereocenters. The van der Waals surface area contributed by atoms with Gasteiger partial charge in [-0.15, -0.1) is 0 Å². The average Bonchev–Trinajstić information content (AvgIpc) is 2.90. The lowest BCUT2D eigenvalue weighted by atomic mass is 10.2. The van der Waals surface area contributed by atoms with Crippen molar-refractivity contribution in [1.82, 2.24) is 0 Å². The van der Waals surface area contributed by atoms with Crippen LogP contribution in [0.4, 0.5) is 0 Å². The summed E-state index contributed by atoms with van der Waals surface area (Å²) >= 11 is 1.52. The van der Waals surface area contributed by atoms with Crippen molar-refractivity contribution in [1.29, 1.82) is 0 Å². The van der Waals surface area contributed by atoms with Crippen LogP contribution >= 0.6 is 11.3 Å². The van der Waals surface area contributed by atoms with Crippen molar-refractivity contribution in [2.24, 2.45) is 0 Å². The summed E-state index contributed by atoms with van der Waals surface area (Å²) in [6.07, 6.45) is -0.700. The third kappa shape index (κ3) is 2.85. The molecule has 0 spiro atoms. The van der Waals surface area contributed by atoms with Gasteiger partial charge in [-0.3, -0.25) is 0 Å². The molecule has 3 nitrogen and oxygen atoms in total. The van der Waals surface area contributed by atoms with E-state index in [4.69, 9.17) is 9.47 Å². The molecule has 2 aromatic rings. The number of hydrogen-bond acceptors (Lipinski definition) is 4. The molecule has 88 valence electrons. The monoisotopic (exact) mass is 248 g/mol. The van der Waals surface area contributed by atoms with Crippen LogP contribution < -0.4 is 4.74 Å². The molecule has 0 aliphatic rings. The Morgan fingerprint density at radius 1 is 1.24 bits per heavy atom. The van der Waals surface area contributed by atoms with Gasteiger partial charge in [-0.25, -0.2) is 4.79 Å². The second-order valence-corrected chi connectivity index (χ2v) is 4.17. The molecule has 0 saturated heterocycles. The van der Waals surface area contributed by atoms with E-state index in [0.717, 1.165) is 5.56 Å². The summed E-state index contributed by atoms with van der Waals surface area (Å²) in [6, 6.07) is 11.1. The zero-order chi connectivity index (χ0) is 12.1. The number of esters is 1. The van der Waals surface area contributed by atoms with Gasteiger partial charge < -0.3 is 9.47 Å². The maximum absolute atomic E-state index is 11.7. The Bertz CT molecular complexity index is 465. The lowest BCUT2D eigenvalue weighted by Gasteiger charge is -2.15. The van der Waals surface area contributed by atoms with Crippen molar-refractivity contribution in [3.8, 4) is 5.75 Å². The van der Waals surface area contributed by atoms with E-state index in [9.17, 15) is 4.79 Å². The Balaban J connectivity index is 2.20.